The van der Waals surface area contributed by atoms with Crippen molar-refractivity contribution < 1.29 is 0 Å². The van der Waals surface area contributed by atoms with Gasteiger partial charge in [-0.1, -0.05) is 19.1 Å². The number of hydrogen-bond acceptors (Lipinski definition) is 4. The van der Waals surface area contributed by atoms with Crippen LogP contribution in [-0.4, -0.2) is 50.8 Å². The fraction of sp³-hybridized carbons (Fsp3) is 0.412. The number of aryl methyl sites for hydroxylation is 1. The summed E-state index contributed by atoms with van der Waals surface area (Å²) in [4.78, 5) is 12.2. The molecule has 3 aromatic rings. The molecule has 0 spiro atoms. The van der Waals surface area contributed by atoms with Gasteiger partial charge >= 0.3 is 0 Å². The minimum absolute atomic E-state index is 0.756. The zero-order valence-electron chi connectivity index (χ0n) is 14.7. The third kappa shape index (κ3) is 4.34. The van der Waals surface area contributed by atoms with Gasteiger partial charge in [0.1, 0.15) is 18.0 Å². The third-order valence-corrected chi connectivity index (χ3v) is 3.97. The van der Waals surface area contributed by atoms with E-state index in [-0.39, 0.29) is 0 Å². The molecule has 2 aromatic heterocycles. The lowest BCUT2D eigenvalue weighted by molar-refractivity contribution is 0.632. The molecule has 2 heterocycles. The molecule has 0 atom stereocenters. The fourth-order valence-corrected chi connectivity index (χ4v) is 2.68. The number of nitrogens with zero attached hydrogens (tertiary/aromatic N) is 5. The Morgan fingerprint density at radius 3 is 2.88 bits per heavy atom. The monoisotopic (exact) mass is 340 g/mol. The highest BCUT2D eigenvalue weighted by molar-refractivity contribution is 5.79. The molecule has 8 heteroatoms. The molecule has 8 nitrogen and oxygen atoms in total. The van der Waals surface area contributed by atoms with Gasteiger partial charge in [0.05, 0.1) is 11.0 Å². The lowest BCUT2D eigenvalue weighted by Gasteiger charge is -2.12. The molecule has 1 aromatic carbocycles. The Hall–Kier alpha value is -2.90. The largest absolute Gasteiger partial charge is 0.356 e. The highest BCUT2D eigenvalue weighted by Gasteiger charge is 2.04. The number of H-pyrrole nitrogens is 1. The van der Waals surface area contributed by atoms with Crippen LogP contribution in [-0.2, 0) is 19.4 Å². The maximum absolute atomic E-state index is 4.58. The Balaban J connectivity index is 1.43. The molecule has 132 valence electrons. The van der Waals surface area contributed by atoms with Crippen molar-refractivity contribution in [1.29, 1.82) is 0 Å². The Morgan fingerprint density at radius 1 is 1.24 bits per heavy atom. The molecular weight excluding hydrogens is 316 g/mol. The van der Waals surface area contributed by atoms with Crippen molar-refractivity contribution >= 4 is 17.0 Å². The predicted molar refractivity (Wildman–Crippen MR) is 98.6 cm³/mol. The van der Waals surface area contributed by atoms with Gasteiger partial charge in [-0.2, -0.15) is 0 Å². The minimum atomic E-state index is 0.756. The number of aromatic amines is 1. The number of nitrogens with one attached hydrogen (secondary N) is 3. The first-order valence-electron chi connectivity index (χ1n) is 8.55. The molecule has 0 saturated carbocycles. The quantitative estimate of drug-likeness (QED) is 0.442. The molecule has 0 radical (unpaired) electrons. The second-order valence-corrected chi connectivity index (χ2v) is 5.67. The summed E-state index contributed by atoms with van der Waals surface area (Å²) < 4.78 is 2.05. The summed E-state index contributed by atoms with van der Waals surface area (Å²) >= 11 is 0. The molecule has 3 rings (SSSR count). The van der Waals surface area contributed by atoms with Crippen LogP contribution >= 0.6 is 0 Å². The van der Waals surface area contributed by atoms with Crippen molar-refractivity contribution in [2.45, 2.75) is 26.3 Å². The zero-order valence-corrected chi connectivity index (χ0v) is 14.7. The van der Waals surface area contributed by atoms with Gasteiger partial charge in [0.2, 0.25) is 0 Å². The van der Waals surface area contributed by atoms with E-state index in [4.69, 9.17) is 0 Å². The minimum Gasteiger partial charge on any atom is -0.356 e. The fourth-order valence-electron chi connectivity index (χ4n) is 2.68. The van der Waals surface area contributed by atoms with Crippen LogP contribution < -0.4 is 10.6 Å². The third-order valence-electron chi connectivity index (χ3n) is 3.97. The van der Waals surface area contributed by atoms with Gasteiger partial charge in [-0.05, 0) is 12.1 Å². The molecule has 0 aliphatic heterocycles. The van der Waals surface area contributed by atoms with Gasteiger partial charge in [-0.25, -0.2) is 4.98 Å². The number of guanidine groups is 1. The Bertz CT molecular complexity index is 799. The van der Waals surface area contributed by atoms with Gasteiger partial charge in [-0.15, -0.1) is 10.2 Å². The lowest BCUT2D eigenvalue weighted by Crippen LogP contribution is -2.39. The highest BCUT2D eigenvalue weighted by Crippen LogP contribution is 2.10. The summed E-state index contributed by atoms with van der Waals surface area (Å²) in [6.45, 7) is 4.40. The van der Waals surface area contributed by atoms with E-state index >= 15 is 0 Å². The molecule has 3 N–H and O–H groups in total. The lowest BCUT2D eigenvalue weighted by atomic mass is 10.3. The molecule has 0 saturated heterocycles. The smallest absolute Gasteiger partial charge is 0.191 e. The Morgan fingerprint density at radius 2 is 2.08 bits per heavy atom. The van der Waals surface area contributed by atoms with Gasteiger partial charge < -0.3 is 20.2 Å². The summed E-state index contributed by atoms with van der Waals surface area (Å²) in [5, 5.41) is 14.6. The summed E-state index contributed by atoms with van der Waals surface area (Å²) in [6.07, 6.45) is 3.45. The number of benzene rings is 1. The van der Waals surface area contributed by atoms with Crippen molar-refractivity contribution in [3.8, 4) is 0 Å². The SMILES string of the molecule is CCc1nncn1CCNC(=NC)NCCc1nc2ccccc2[nH]1. The van der Waals surface area contributed by atoms with E-state index in [1.54, 1.807) is 13.4 Å². The van der Waals surface area contributed by atoms with Crippen LogP contribution in [0.4, 0.5) is 0 Å². The van der Waals surface area contributed by atoms with Crippen molar-refractivity contribution in [2.24, 2.45) is 4.99 Å². The molecule has 25 heavy (non-hydrogen) atoms. The second-order valence-electron chi connectivity index (χ2n) is 5.67. The van der Waals surface area contributed by atoms with Gasteiger partial charge in [0, 0.05) is 39.5 Å². The van der Waals surface area contributed by atoms with Gasteiger partial charge in [0.25, 0.3) is 0 Å². The number of hydrogen-bond donors (Lipinski definition) is 3. The average Bonchev–Trinajstić information content (AvgIpc) is 3.26. The van der Waals surface area contributed by atoms with Crippen LogP contribution in [0.25, 0.3) is 11.0 Å². The molecule has 0 aliphatic rings. The van der Waals surface area contributed by atoms with Crippen LogP contribution in [0, 0.1) is 0 Å². The van der Waals surface area contributed by atoms with Crippen LogP contribution in [0.2, 0.25) is 0 Å². The first-order chi connectivity index (χ1) is 12.3. The van der Waals surface area contributed by atoms with E-state index in [0.717, 1.165) is 61.1 Å². The average molecular weight is 340 g/mol. The number of aliphatic imine (C=N–C) groups is 1. The summed E-state index contributed by atoms with van der Waals surface area (Å²) in [5.74, 6) is 2.75. The van der Waals surface area contributed by atoms with Gasteiger partial charge in [0.15, 0.2) is 5.96 Å². The highest BCUT2D eigenvalue weighted by atomic mass is 15.3. The normalized spacial score (nSPS) is 11.8. The summed E-state index contributed by atoms with van der Waals surface area (Å²) in [7, 11) is 1.77. The van der Waals surface area contributed by atoms with Crippen molar-refractivity contribution in [3.63, 3.8) is 0 Å². The van der Waals surface area contributed by atoms with Crippen molar-refractivity contribution in [2.75, 3.05) is 20.1 Å². The topological polar surface area (TPSA) is 95.8 Å². The standard InChI is InChI=1S/C17H24N8/c1-3-16-24-21-12-25(16)11-10-20-17(18-2)19-9-8-15-22-13-6-4-5-7-14(13)23-15/h4-7,12H,3,8-11H2,1-2H3,(H,22,23)(H2,18,19,20). The first-order valence-corrected chi connectivity index (χ1v) is 8.55. The zero-order chi connectivity index (χ0) is 17.5. The predicted octanol–water partition coefficient (Wildman–Crippen LogP) is 1.12. The number of para-hydroxylation sites is 2. The number of imidazole rings is 1. The van der Waals surface area contributed by atoms with E-state index in [9.17, 15) is 0 Å². The molecule has 0 amide bonds. The number of rotatable bonds is 7. The molecule has 0 aliphatic carbocycles. The number of aromatic nitrogens is 5. The molecule has 0 unspecified atom stereocenters. The van der Waals surface area contributed by atoms with E-state index in [0.29, 0.717) is 0 Å². The van der Waals surface area contributed by atoms with Crippen molar-refractivity contribution in [3.05, 3.63) is 42.2 Å². The summed E-state index contributed by atoms with van der Waals surface area (Å²) in [6, 6.07) is 8.05. The van der Waals surface area contributed by atoms with E-state index in [2.05, 4.69) is 47.3 Å². The maximum Gasteiger partial charge on any atom is 0.191 e. The van der Waals surface area contributed by atoms with E-state index in [1.807, 2.05) is 24.3 Å². The first kappa shape index (κ1) is 16.9. The van der Waals surface area contributed by atoms with Crippen LogP contribution in [0.5, 0.6) is 0 Å². The van der Waals surface area contributed by atoms with Crippen molar-refractivity contribution in [1.82, 2.24) is 35.4 Å². The van der Waals surface area contributed by atoms with Crippen LogP contribution in [0.1, 0.15) is 18.6 Å². The van der Waals surface area contributed by atoms with Gasteiger partial charge in [-0.3, -0.25) is 4.99 Å². The number of fused-ring (bicyclic) bond motifs is 1. The maximum atomic E-state index is 4.58. The molecule has 0 bridgehead atoms. The van der Waals surface area contributed by atoms with E-state index in [1.165, 1.54) is 0 Å². The Kier molecular flexibility index (Phi) is 5.61. The molecular formula is C17H24N8. The van der Waals surface area contributed by atoms with Crippen LogP contribution in [0.15, 0.2) is 35.6 Å². The summed E-state index contributed by atoms with van der Waals surface area (Å²) in [5.41, 5.74) is 2.07. The Labute approximate surface area is 146 Å². The van der Waals surface area contributed by atoms with E-state index < -0.39 is 0 Å². The molecule has 0 fully saturated rings. The second kappa shape index (κ2) is 8.27. The van der Waals surface area contributed by atoms with Crippen LogP contribution in [0.3, 0.4) is 0 Å².